The van der Waals surface area contributed by atoms with E-state index in [-0.39, 0.29) is 17.8 Å². The number of carbonyl (C=O) groups is 3. The lowest BCUT2D eigenvalue weighted by molar-refractivity contribution is -0.144. The van der Waals surface area contributed by atoms with Crippen molar-refractivity contribution < 1.29 is 29.7 Å². The van der Waals surface area contributed by atoms with Crippen LogP contribution in [0.5, 0.6) is 0 Å². The molecule has 6 N–H and O–H groups in total. The summed E-state index contributed by atoms with van der Waals surface area (Å²) in [5.41, 5.74) is 9.74. The van der Waals surface area contributed by atoms with Gasteiger partial charge in [0.15, 0.2) is 0 Å². The monoisotopic (exact) mass is 752 g/mol. The van der Waals surface area contributed by atoms with Crippen molar-refractivity contribution in [3.8, 4) is 0 Å². The van der Waals surface area contributed by atoms with Crippen LogP contribution < -0.4 is 16.0 Å². The topological polar surface area (TPSA) is 151 Å². The molecule has 6 rings (SSSR count). The highest BCUT2D eigenvalue weighted by Gasteiger charge is 2.33. The molecule has 3 fully saturated rings. The molecular formula is C45H60N4O6. The van der Waals surface area contributed by atoms with Crippen LogP contribution in [0.25, 0.3) is 0 Å². The molecule has 3 heterocycles. The molecule has 3 aliphatic heterocycles. The molecule has 0 radical (unpaired) electrons. The Kier molecular flexibility index (Phi) is 13.8. The maximum atomic E-state index is 12.4. The number of aliphatic carboxylic acids is 3. The standard InChI is InChI=1S/C45H60N4O6/c1-28-10-31(19-40(43(50)51)37-4-7-46-22-37)16-34(13-28)25-49(26-35-14-29(2)11-32(17-35)20-41(44(52)53)38-5-8-47-23-38)27-36-15-30(3)12-33(18-36)21-42(45(54)55)39-6-9-48-24-39/h10-18,37-42,46-48H,4-9,19-27H2,1-3H3,(H,50,51)(H,52,53)(H,54,55)/t37-,38-,39-,40-,41-,42-/m0/s1. The first kappa shape index (κ1) is 40.6. The molecule has 3 aromatic rings. The minimum Gasteiger partial charge on any atom is -0.481 e. The van der Waals surface area contributed by atoms with Crippen LogP contribution >= 0.6 is 0 Å². The number of carboxylic acids is 3. The Morgan fingerprint density at radius 1 is 0.509 bits per heavy atom. The van der Waals surface area contributed by atoms with Gasteiger partial charge in [0.05, 0.1) is 17.8 Å². The first-order chi connectivity index (χ1) is 26.4. The summed E-state index contributed by atoms with van der Waals surface area (Å²) >= 11 is 0. The van der Waals surface area contributed by atoms with E-state index in [2.05, 4.69) is 96.2 Å². The van der Waals surface area contributed by atoms with Crippen molar-refractivity contribution in [3.63, 3.8) is 0 Å². The number of carboxylic acid groups (broad SMARTS) is 3. The second-order valence-corrected chi connectivity index (χ2v) is 16.8. The smallest absolute Gasteiger partial charge is 0.307 e. The largest absolute Gasteiger partial charge is 0.481 e. The molecule has 3 aromatic carbocycles. The molecule has 0 aromatic heterocycles. The lowest BCUT2D eigenvalue weighted by atomic mass is 9.85. The number of hydrogen-bond acceptors (Lipinski definition) is 7. The predicted molar refractivity (Wildman–Crippen MR) is 214 cm³/mol. The maximum Gasteiger partial charge on any atom is 0.307 e. The van der Waals surface area contributed by atoms with Crippen molar-refractivity contribution in [2.75, 3.05) is 39.3 Å². The van der Waals surface area contributed by atoms with E-state index in [0.717, 1.165) is 109 Å². The predicted octanol–water partition coefficient (Wildman–Crippen LogP) is 5.37. The zero-order valence-electron chi connectivity index (χ0n) is 32.8. The molecule has 3 saturated heterocycles. The van der Waals surface area contributed by atoms with Gasteiger partial charge in [-0.05, 0) is 150 Å². The third-order valence-corrected chi connectivity index (χ3v) is 12.1. The Labute approximate surface area is 326 Å². The first-order valence-corrected chi connectivity index (χ1v) is 20.2. The highest BCUT2D eigenvalue weighted by atomic mass is 16.4. The first-order valence-electron chi connectivity index (χ1n) is 20.2. The van der Waals surface area contributed by atoms with Crippen LogP contribution in [0.15, 0.2) is 54.6 Å². The van der Waals surface area contributed by atoms with Gasteiger partial charge >= 0.3 is 17.9 Å². The quantitative estimate of drug-likeness (QED) is 0.100. The van der Waals surface area contributed by atoms with E-state index in [9.17, 15) is 29.7 Å². The van der Waals surface area contributed by atoms with Gasteiger partial charge in [-0.2, -0.15) is 0 Å². The molecule has 55 heavy (non-hydrogen) atoms. The summed E-state index contributed by atoms with van der Waals surface area (Å²) in [7, 11) is 0. The van der Waals surface area contributed by atoms with Gasteiger partial charge in [0.2, 0.25) is 0 Å². The number of nitrogens with one attached hydrogen (secondary N) is 3. The Balaban J connectivity index is 1.29. The molecule has 0 bridgehead atoms. The fraction of sp³-hybridized carbons (Fsp3) is 0.533. The summed E-state index contributed by atoms with van der Waals surface area (Å²) < 4.78 is 0. The summed E-state index contributed by atoms with van der Waals surface area (Å²) in [5.74, 6) is -3.22. The molecule has 6 atom stereocenters. The Morgan fingerprint density at radius 3 is 1.02 bits per heavy atom. The summed E-state index contributed by atoms with van der Waals surface area (Å²) in [6, 6.07) is 19.4. The second-order valence-electron chi connectivity index (χ2n) is 16.8. The van der Waals surface area contributed by atoms with E-state index in [4.69, 9.17) is 0 Å². The van der Waals surface area contributed by atoms with E-state index < -0.39 is 35.7 Å². The number of nitrogens with zero attached hydrogens (tertiary/aromatic N) is 1. The zero-order valence-corrected chi connectivity index (χ0v) is 32.8. The van der Waals surface area contributed by atoms with Crippen LogP contribution in [0.1, 0.15) is 69.3 Å². The molecule has 3 aliphatic rings. The van der Waals surface area contributed by atoms with Crippen molar-refractivity contribution in [2.24, 2.45) is 35.5 Å². The van der Waals surface area contributed by atoms with Gasteiger partial charge in [-0.25, -0.2) is 0 Å². The van der Waals surface area contributed by atoms with Gasteiger partial charge in [-0.1, -0.05) is 71.3 Å². The van der Waals surface area contributed by atoms with Crippen molar-refractivity contribution >= 4 is 17.9 Å². The van der Waals surface area contributed by atoms with Gasteiger partial charge in [-0.3, -0.25) is 19.3 Å². The highest BCUT2D eigenvalue weighted by molar-refractivity contribution is 5.72. The Morgan fingerprint density at radius 2 is 0.782 bits per heavy atom. The average molecular weight is 753 g/mol. The van der Waals surface area contributed by atoms with Gasteiger partial charge in [0.25, 0.3) is 0 Å². The lowest BCUT2D eigenvalue weighted by Crippen LogP contribution is -2.28. The van der Waals surface area contributed by atoms with E-state index in [1.165, 1.54) is 0 Å². The van der Waals surface area contributed by atoms with Crippen molar-refractivity contribution in [3.05, 3.63) is 105 Å². The third kappa shape index (κ3) is 11.3. The van der Waals surface area contributed by atoms with Crippen molar-refractivity contribution in [1.29, 1.82) is 0 Å². The fourth-order valence-corrected chi connectivity index (χ4v) is 9.60. The normalized spacial score (nSPS) is 21.5. The summed E-state index contributed by atoms with van der Waals surface area (Å²) in [5, 5.41) is 40.5. The lowest BCUT2D eigenvalue weighted by Gasteiger charge is -2.26. The Hall–Kier alpha value is -4.09. The molecule has 0 aliphatic carbocycles. The van der Waals surface area contributed by atoms with E-state index >= 15 is 0 Å². The van der Waals surface area contributed by atoms with E-state index in [1.54, 1.807) is 0 Å². The number of rotatable bonds is 18. The van der Waals surface area contributed by atoms with Crippen molar-refractivity contribution in [2.45, 2.75) is 78.9 Å². The minimum absolute atomic E-state index is 0.111. The number of hydrogen-bond donors (Lipinski definition) is 6. The van der Waals surface area contributed by atoms with Gasteiger partial charge in [-0.15, -0.1) is 0 Å². The van der Waals surface area contributed by atoms with Crippen LogP contribution in [0.3, 0.4) is 0 Å². The maximum absolute atomic E-state index is 12.4. The van der Waals surface area contributed by atoms with Gasteiger partial charge < -0.3 is 31.3 Å². The SMILES string of the molecule is Cc1cc(C[C@H](C(=O)O)[C@H]2CCNC2)cc(CN(Cc2cc(C)cc(C[C@H](C(=O)O)[C@H]3CCNC3)c2)Cc2cc(C)cc(C[C@H](C(=O)O)[C@H]3CCNC3)c2)c1. The molecule has 0 unspecified atom stereocenters. The molecule has 0 amide bonds. The van der Waals surface area contributed by atoms with Crippen LogP contribution in [0.4, 0.5) is 0 Å². The molecule has 296 valence electrons. The summed E-state index contributed by atoms with van der Waals surface area (Å²) in [4.78, 5) is 39.6. The fourth-order valence-electron chi connectivity index (χ4n) is 9.60. The molecular weight excluding hydrogens is 693 g/mol. The van der Waals surface area contributed by atoms with Crippen LogP contribution in [0, 0.1) is 56.3 Å². The summed E-state index contributed by atoms with van der Waals surface area (Å²) in [6.07, 6.45) is 4.08. The zero-order chi connectivity index (χ0) is 39.1. The molecule has 10 nitrogen and oxygen atoms in total. The van der Waals surface area contributed by atoms with Crippen LogP contribution in [-0.2, 0) is 53.3 Å². The van der Waals surface area contributed by atoms with E-state index in [0.29, 0.717) is 38.9 Å². The third-order valence-electron chi connectivity index (χ3n) is 12.1. The number of aryl methyl sites for hydroxylation is 3. The molecule has 0 spiro atoms. The minimum atomic E-state index is -0.743. The molecule has 10 heteroatoms. The van der Waals surface area contributed by atoms with Crippen LogP contribution in [0.2, 0.25) is 0 Å². The summed E-state index contributed by atoms with van der Waals surface area (Å²) in [6.45, 7) is 12.8. The van der Waals surface area contributed by atoms with Gasteiger partial charge in [0, 0.05) is 19.6 Å². The molecule has 0 saturated carbocycles. The van der Waals surface area contributed by atoms with Crippen LogP contribution in [-0.4, -0.2) is 77.4 Å². The van der Waals surface area contributed by atoms with Crippen molar-refractivity contribution in [1.82, 2.24) is 20.9 Å². The second kappa shape index (κ2) is 18.7. The highest BCUT2D eigenvalue weighted by Crippen LogP contribution is 2.29. The average Bonchev–Trinajstić information content (AvgIpc) is 3.93. The number of benzene rings is 3. The Bertz CT molecular complexity index is 1600. The van der Waals surface area contributed by atoms with E-state index in [1.807, 2.05) is 0 Å². The van der Waals surface area contributed by atoms with Gasteiger partial charge in [0.1, 0.15) is 0 Å².